The largest absolute Gasteiger partial charge is 0.371 e. The number of ether oxygens (including phenoxy) is 1. The molecule has 0 aromatic heterocycles. The van der Waals surface area contributed by atoms with Crippen LogP contribution in [-0.2, 0) is 9.53 Å². The first kappa shape index (κ1) is 19.0. The minimum atomic E-state index is -2.90. The van der Waals surface area contributed by atoms with Crippen LogP contribution < -0.4 is 10.6 Å². The second kappa shape index (κ2) is 7.25. The van der Waals surface area contributed by atoms with Gasteiger partial charge in [0, 0.05) is 13.0 Å². The van der Waals surface area contributed by atoms with Crippen molar-refractivity contribution in [2.24, 2.45) is 0 Å². The summed E-state index contributed by atoms with van der Waals surface area (Å²) < 4.78 is 58.1. The van der Waals surface area contributed by atoms with Gasteiger partial charge in [-0.1, -0.05) is 6.07 Å². The molecule has 2 saturated heterocycles. The average Bonchev–Trinajstić information content (AvgIpc) is 3.08. The highest BCUT2D eigenvalue weighted by Gasteiger charge is 2.43. The monoisotopic (exact) mass is 368 g/mol. The molecule has 0 radical (unpaired) electrons. The molecule has 2 heterocycles. The Morgan fingerprint density at radius 3 is 2.67 bits per heavy atom. The highest BCUT2D eigenvalue weighted by molar-refractivity contribution is 5.85. The Kier molecular flexibility index (Phi) is 5.72. The van der Waals surface area contributed by atoms with E-state index in [1.54, 1.807) is 0 Å². The summed E-state index contributed by atoms with van der Waals surface area (Å²) in [5, 5.41) is 5.14. The van der Waals surface area contributed by atoms with Crippen molar-refractivity contribution in [2.75, 3.05) is 13.2 Å². The molecule has 3 rings (SSSR count). The molecule has 2 aliphatic heterocycles. The van der Waals surface area contributed by atoms with Gasteiger partial charge in [0.1, 0.15) is 6.10 Å². The Labute approximate surface area is 142 Å². The van der Waals surface area contributed by atoms with Crippen LogP contribution in [0.25, 0.3) is 0 Å². The molecule has 134 valence electrons. The van der Waals surface area contributed by atoms with Gasteiger partial charge in [0.15, 0.2) is 11.6 Å². The van der Waals surface area contributed by atoms with Crippen LogP contribution in [0.2, 0.25) is 0 Å². The first-order valence-electron chi connectivity index (χ1n) is 7.34. The number of benzene rings is 1. The Hall–Kier alpha value is -1.38. The molecule has 2 N–H and O–H groups in total. The number of amides is 1. The third-order valence-corrected chi connectivity index (χ3v) is 4.12. The quantitative estimate of drug-likeness (QED) is 0.805. The van der Waals surface area contributed by atoms with Gasteiger partial charge in [0.25, 0.3) is 5.92 Å². The van der Waals surface area contributed by atoms with Gasteiger partial charge in [-0.15, -0.1) is 12.4 Å². The van der Waals surface area contributed by atoms with Crippen molar-refractivity contribution in [1.29, 1.82) is 0 Å². The first-order chi connectivity index (χ1) is 10.9. The summed E-state index contributed by atoms with van der Waals surface area (Å²) in [5.74, 6) is -5.40. The van der Waals surface area contributed by atoms with Crippen LogP contribution in [0.3, 0.4) is 0 Å². The maximum atomic E-state index is 13.3. The Morgan fingerprint density at radius 1 is 1.29 bits per heavy atom. The van der Waals surface area contributed by atoms with Crippen molar-refractivity contribution in [2.45, 2.75) is 37.0 Å². The lowest BCUT2D eigenvalue weighted by Gasteiger charge is -2.22. The summed E-state index contributed by atoms with van der Waals surface area (Å²) in [6.45, 7) is -0.193. The van der Waals surface area contributed by atoms with Crippen molar-refractivity contribution in [3.8, 4) is 0 Å². The lowest BCUT2D eigenvalue weighted by atomic mass is 10.0. The van der Waals surface area contributed by atoms with E-state index in [0.717, 1.165) is 12.1 Å². The smallest absolute Gasteiger partial charge is 0.262 e. The second-order valence-electron chi connectivity index (χ2n) is 5.86. The minimum Gasteiger partial charge on any atom is -0.371 e. The number of carbonyl (C=O) groups is 1. The Morgan fingerprint density at radius 2 is 2.04 bits per heavy atom. The normalized spacial score (nSPS) is 28.4. The fourth-order valence-electron chi connectivity index (χ4n) is 2.94. The predicted molar refractivity (Wildman–Crippen MR) is 80.2 cm³/mol. The molecule has 3 atom stereocenters. The van der Waals surface area contributed by atoms with Gasteiger partial charge in [-0.3, -0.25) is 10.1 Å². The number of alkyl halides is 2. The summed E-state index contributed by atoms with van der Waals surface area (Å²) in [5.41, 5.74) is 0.399. The number of halogens is 5. The van der Waals surface area contributed by atoms with Gasteiger partial charge < -0.3 is 10.1 Å². The van der Waals surface area contributed by atoms with E-state index >= 15 is 0 Å². The molecule has 1 aromatic carbocycles. The lowest BCUT2D eigenvalue weighted by Crippen LogP contribution is -2.46. The fourth-order valence-corrected chi connectivity index (χ4v) is 2.94. The molecule has 2 aliphatic rings. The van der Waals surface area contributed by atoms with E-state index in [9.17, 15) is 22.4 Å². The Bertz CT molecular complexity index is 617. The molecule has 1 aromatic rings. The third-order valence-electron chi connectivity index (χ3n) is 4.12. The molecular formula is C15H17ClF4N2O2. The van der Waals surface area contributed by atoms with E-state index in [2.05, 4.69) is 10.6 Å². The number of rotatable bonds is 3. The van der Waals surface area contributed by atoms with Gasteiger partial charge in [-0.05, 0) is 24.1 Å². The second-order valence-corrected chi connectivity index (χ2v) is 5.86. The van der Waals surface area contributed by atoms with Crippen molar-refractivity contribution in [1.82, 2.24) is 10.6 Å². The summed E-state index contributed by atoms with van der Waals surface area (Å²) in [6.07, 6.45) is -0.711. The molecule has 0 bridgehead atoms. The zero-order valence-electron chi connectivity index (χ0n) is 12.5. The Balaban J connectivity index is 0.00000208. The molecule has 0 saturated carbocycles. The van der Waals surface area contributed by atoms with E-state index in [1.165, 1.54) is 6.07 Å². The molecule has 0 aliphatic carbocycles. The molecule has 24 heavy (non-hydrogen) atoms. The summed E-state index contributed by atoms with van der Waals surface area (Å²) in [7, 11) is 0. The van der Waals surface area contributed by atoms with Crippen molar-refractivity contribution in [3.05, 3.63) is 35.4 Å². The highest BCUT2D eigenvalue weighted by Crippen LogP contribution is 2.31. The van der Waals surface area contributed by atoms with Crippen LogP contribution in [0.15, 0.2) is 18.2 Å². The van der Waals surface area contributed by atoms with Crippen molar-refractivity contribution in [3.63, 3.8) is 0 Å². The SMILES string of the molecule is Cl.O=C(NC1CCOC1c1ccc(F)c(F)c1)C1CC(F)(F)CN1. The predicted octanol–water partition coefficient (Wildman–Crippen LogP) is 2.33. The molecule has 4 nitrogen and oxygen atoms in total. The number of hydrogen-bond donors (Lipinski definition) is 2. The molecule has 1 amide bonds. The summed E-state index contributed by atoms with van der Waals surface area (Å²) in [6, 6.07) is 1.96. The molecule has 2 fully saturated rings. The van der Waals surface area contributed by atoms with E-state index in [1.807, 2.05) is 0 Å². The van der Waals surface area contributed by atoms with Crippen LogP contribution in [-0.4, -0.2) is 37.1 Å². The van der Waals surface area contributed by atoms with E-state index < -0.39 is 54.6 Å². The summed E-state index contributed by atoms with van der Waals surface area (Å²) in [4.78, 5) is 12.1. The van der Waals surface area contributed by atoms with Crippen LogP contribution in [0.1, 0.15) is 24.5 Å². The molecule has 0 spiro atoms. The van der Waals surface area contributed by atoms with E-state index in [-0.39, 0.29) is 12.4 Å². The molecule has 3 unspecified atom stereocenters. The van der Waals surface area contributed by atoms with Crippen LogP contribution in [0.5, 0.6) is 0 Å². The van der Waals surface area contributed by atoms with Crippen LogP contribution in [0, 0.1) is 11.6 Å². The molecular weight excluding hydrogens is 352 g/mol. The van der Waals surface area contributed by atoms with Crippen LogP contribution >= 0.6 is 12.4 Å². The zero-order chi connectivity index (χ0) is 16.6. The number of nitrogens with one attached hydrogen (secondary N) is 2. The van der Waals surface area contributed by atoms with E-state index in [0.29, 0.717) is 18.6 Å². The van der Waals surface area contributed by atoms with Crippen molar-refractivity contribution < 1.29 is 27.1 Å². The van der Waals surface area contributed by atoms with Gasteiger partial charge in [-0.25, -0.2) is 17.6 Å². The molecule has 9 heteroatoms. The lowest BCUT2D eigenvalue weighted by molar-refractivity contribution is -0.124. The zero-order valence-corrected chi connectivity index (χ0v) is 13.3. The standard InChI is InChI=1S/C15H16F4N2O2.ClH/c16-9-2-1-8(5-10(9)17)13-11(3-4-23-13)21-14(22)12-6-15(18,19)7-20-12;/h1-2,5,11-13,20H,3-4,6-7H2,(H,21,22);1H. The van der Waals surface area contributed by atoms with Gasteiger partial charge in [0.2, 0.25) is 5.91 Å². The third kappa shape index (κ3) is 3.99. The topological polar surface area (TPSA) is 50.4 Å². The summed E-state index contributed by atoms with van der Waals surface area (Å²) >= 11 is 0. The van der Waals surface area contributed by atoms with Gasteiger partial charge in [-0.2, -0.15) is 0 Å². The number of hydrogen-bond acceptors (Lipinski definition) is 3. The van der Waals surface area contributed by atoms with Gasteiger partial charge in [0.05, 0.1) is 18.6 Å². The van der Waals surface area contributed by atoms with E-state index in [4.69, 9.17) is 4.74 Å². The van der Waals surface area contributed by atoms with Crippen LogP contribution in [0.4, 0.5) is 17.6 Å². The average molecular weight is 369 g/mol. The maximum Gasteiger partial charge on any atom is 0.262 e. The van der Waals surface area contributed by atoms with Gasteiger partial charge >= 0.3 is 0 Å². The number of carbonyl (C=O) groups excluding carboxylic acids is 1. The fraction of sp³-hybridized carbons (Fsp3) is 0.533. The highest BCUT2D eigenvalue weighted by atomic mass is 35.5. The first-order valence-corrected chi connectivity index (χ1v) is 7.34. The minimum absolute atomic E-state index is 0. The van der Waals surface area contributed by atoms with Crippen molar-refractivity contribution >= 4 is 18.3 Å². The maximum absolute atomic E-state index is 13.3.